The second kappa shape index (κ2) is 8.09. The van der Waals surface area contributed by atoms with Gasteiger partial charge in [0.2, 0.25) is 0 Å². The zero-order chi connectivity index (χ0) is 15.2. The SMILES string of the molecule is CCCC1CCC(=O)C(CN(C)Cc2ccc(Br)cc2)C1. The van der Waals surface area contributed by atoms with Crippen LogP contribution in [0.1, 0.15) is 44.6 Å². The fourth-order valence-electron chi connectivity index (χ4n) is 3.39. The van der Waals surface area contributed by atoms with E-state index in [0.29, 0.717) is 5.78 Å². The Kier molecular flexibility index (Phi) is 6.43. The summed E-state index contributed by atoms with van der Waals surface area (Å²) >= 11 is 3.46. The Morgan fingerprint density at radius 2 is 2.00 bits per heavy atom. The van der Waals surface area contributed by atoms with E-state index in [0.717, 1.165) is 42.7 Å². The van der Waals surface area contributed by atoms with Crippen LogP contribution in [-0.4, -0.2) is 24.3 Å². The molecule has 21 heavy (non-hydrogen) atoms. The minimum absolute atomic E-state index is 0.246. The number of hydrogen-bond acceptors (Lipinski definition) is 2. The summed E-state index contributed by atoms with van der Waals surface area (Å²) < 4.78 is 1.11. The molecule has 0 saturated heterocycles. The maximum absolute atomic E-state index is 12.1. The molecule has 3 heteroatoms. The fourth-order valence-corrected chi connectivity index (χ4v) is 3.66. The topological polar surface area (TPSA) is 20.3 Å². The number of carbonyl (C=O) groups is 1. The smallest absolute Gasteiger partial charge is 0.137 e. The molecule has 0 N–H and O–H groups in total. The summed E-state index contributed by atoms with van der Waals surface area (Å²) in [6.45, 7) is 4.05. The lowest BCUT2D eigenvalue weighted by molar-refractivity contribution is -0.126. The standard InChI is InChI=1S/C18H26BrNO/c1-3-4-14-7-10-18(21)16(11-14)13-20(2)12-15-5-8-17(19)9-6-15/h5-6,8-9,14,16H,3-4,7,10-13H2,1-2H3. The predicted molar refractivity (Wildman–Crippen MR) is 91.2 cm³/mol. The first-order chi connectivity index (χ1) is 10.1. The van der Waals surface area contributed by atoms with E-state index in [1.165, 1.54) is 18.4 Å². The van der Waals surface area contributed by atoms with E-state index >= 15 is 0 Å². The number of benzene rings is 1. The van der Waals surface area contributed by atoms with Gasteiger partial charge in [0.1, 0.15) is 5.78 Å². The summed E-state index contributed by atoms with van der Waals surface area (Å²) in [5.41, 5.74) is 1.30. The molecule has 0 amide bonds. The van der Waals surface area contributed by atoms with Crippen molar-refractivity contribution in [2.45, 2.75) is 45.6 Å². The quantitative estimate of drug-likeness (QED) is 0.742. The number of Topliss-reactive ketones (excluding diaryl/α,β-unsaturated/α-hetero) is 1. The van der Waals surface area contributed by atoms with Crippen molar-refractivity contribution < 1.29 is 4.79 Å². The molecule has 0 heterocycles. The molecule has 0 radical (unpaired) electrons. The number of carbonyl (C=O) groups excluding carboxylic acids is 1. The average Bonchev–Trinajstić information content (AvgIpc) is 2.45. The van der Waals surface area contributed by atoms with Gasteiger partial charge in [-0.05, 0) is 43.5 Å². The van der Waals surface area contributed by atoms with Crippen molar-refractivity contribution >= 4 is 21.7 Å². The summed E-state index contributed by atoms with van der Waals surface area (Å²) in [6, 6.07) is 8.44. The van der Waals surface area contributed by atoms with Gasteiger partial charge in [0, 0.05) is 29.9 Å². The van der Waals surface area contributed by atoms with E-state index in [1.807, 2.05) is 0 Å². The van der Waals surface area contributed by atoms with E-state index in [2.05, 4.69) is 59.1 Å². The highest BCUT2D eigenvalue weighted by Crippen LogP contribution is 2.30. The van der Waals surface area contributed by atoms with E-state index in [-0.39, 0.29) is 5.92 Å². The van der Waals surface area contributed by atoms with E-state index in [1.54, 1.807) is 0 Å². The van der Waals surface area contributed by atoms with Crippen LogP contribution in [0.15, 0.2) is 28.7 Å². The first-order valence-corrected chi connectivity index (χ1v) is 8.83. The molecule has 116 valence electrons. The van der Waals surface area contributed by atoms with Gasteiger partial charge in [-0.25, -0.2) is 0 Å². The van der Waals surface area contributed by atoms with Crippen LogP contribution in [0.25, 0.3) is 0 Å². The molecule has 2 unspecified atom stereocenters. The molecule has 0 bridgehead atoms. The van der Waals surface area contributed by atoms with E-state index < -0.39 is 0 Å². The fraction of sp³-hybridized carbons (Fsp3) is 0.611. The van der Waals surface area contributed by atoms with Crippen LogP contribution in [0, 0.1) is 11.8 Å². The van der Waals surface area contributed by atoms with Gasteiger partial charge in [-0.1, -0.05) is 47.8 Å². The second-order valence-corrected chi connectivity index (χ2v) is 7.33. The van der Waals surface area contributed by atoms with E-state index in [4.69, 9.17) is 0 Å². The molecule has 0 aliphatic heterocycles. The lowest BCUT2D eigenvalue weighted by Gasteiger charge is -2.31. The number of hydrogen-bond donors (Lipinski definition) is 0. The van der Waals surface area contributed by atoms with Crippen molar-refractivity contribution in [1.29, 1.82) is 0 Å². The van der Waals surface area contributed by atoms with Gasteiger partial charge in [-0.15, -0.1) is 0 Å². The molecule has 1 saturated carbocycles. The molecule has 1 aliphatic carbocycles. The second-order valence-electron chi connectivity index (χ2n) is 6.42. The van der Waals surface area contributed by atoms with Crippen LogP contribution < -0.4 is 0 Å². The minimum Gasteiger partial charge on any atom is -0.301 e. The largest absolute Gasteiger partial charge is 0.301 e. The Morgan fingerprint density at radius 3 is 2.67 bits per heavy atom. The van der Waals surface area contributed by atoms with Crippen molar-refractivity contribution in [3.63, 3.8) is 0 Å². The van der Waals surface area contributed by atoms with Gasteiger partial charge in [-0.2, -0.15) is 0 Å². The highest BCUT2D eigenvalue weighted by atomic mass is 79.9. The van der Waals surface area contributed by atoms with Crippen molar-refractivity contribution in [1.82, 2.24) is 4.90 Å². The van der Waals surface area contributed by atoms with Crippen LogP contribution >= 0.6 is 15.9 Å². The minimum atomic E-state index is 0.246. The molecule has 1 aliphatic rings. The summed E-state index contributed by atoms with van der Waals surface area (Å²) in [5.74, 6) is 1.49. The van der Waals surface area contributed by atoms with Crippen LogP contribution in [-0.2, 0) is 11.3 Å². The van der Waals surface area contributed by atoms with Crippen molar-refractivity contribution in [2.24, 2.45) is 11.8 Å². The first-order valence-electron chi connectivity index (χ1n) is 8.04. The molecule has 2 atom stereocenters. The van der Waals surface area contributed by atoms with Crippen molar-refractivity contribution in [2.75, 3.05) is 13.6 Å². The van der Waals surface area contributed by atoms with Gasteiger partial charge in [0.15, 0.2) is 0 Å². The maximum atomic E-state index is 12.1. The molecule has 0 aromatic heterocycles. The van der Waals surface area contributed by atoms with Crippen LogP contribution in [0.4, 0.5) is 0 Å². The maximum Gasteiger partial charge on any atom is 0.137 e. The lowest BCUT2D eigenvalue weighted by atomic mass is 9.78. The summed E-state index contributed by atoms with van der Waals surface area (Å²) in [6.07, 6.45) is 5.51. The zero-order valence-electron chi connectivity index (χ0n) is 13.1. The van der Waals surface area contributed by atoms with Crippen LogP contribution in [0.3, 0.4) is 0 Å². The summed E-state index contributed by atoms with van der Waals surface area (Å²) in [5, 5.41) is 0. The van der Waals surface area contributed by atoms with Gasteiger partial charge < -0.3 is 4.90 Å². The van der Waals surface area contributed by atoms with Crippen LogP contribution in [0.2, 0.25) is 0 Å². The molecular formula is C18H26BrNO. The molecule has 1 aromatic rings. The molecule has 2 nitrogen and oxygen atoms in total. The lowest BCUT2D eigenvalue weighted by Crippen LogP contribution is -2.34. The Labute approximate surface area is 137 Å². The number of ketones is 1. The molecule has 0 spiro atoms. The normalized spacial score (nSPS) is 22.8. The van der Waals surface area contributed by atoms with Gasteiger partial charge in [0.25, 0.3) is 0 Å². The Hall–Kier alpha value is -0.670. The van der Waals surface area contributed by atoms with Gasteiger partial charge in [-0.3, -0.25) is 4.79 Å². The first kappa shape index (κ1) is 16.7. The molecular weight excluding hydrogens is 326 g/mol. The third-order valence-electron chi connectivity index (χ3n) is 4.47. The number of halogens is 1. The summed E-state index contributed by atoms with van der Waals surface area (Å²) in [4.78, 5) is 14.4. The van der Waals surface area contributed by atoms with Crippen molar-refractivity contribution in [3.05, 3.63) is 34.3 Å². The Bertz CT molecular complexity index is 457. The van der Waals surface area contributed by atoms with E-state index in [9.17, 15) is 4.79 Å². The summed E-state index contributed by atoms with van der Waals surface area (Å²) in [7, 11) is 2.12. The highest BCUT2D eigenvalue weighted by molar-refractivity contribution is 9.10. The predicted octanol–water partition coefficient (Wildman–Crippen LogP) is 4.67. The molecule has 1 aromatic carbocycles. The van der Waals surface area contributed by atoms with Crippen LogP contribution in [0.5, 0.6) is 0 Å². The Morgan fingerprint density at radius 1 is 1.29 bits per heavy atom. The molecule has 1 fully saturated rings. The third-order valence-corrected chi connectivity index (χ3v) is 5.00. The zero-order valence-corrected chi connectivity index (χ0v) is 14.7. The third kappa shape index (κ3) is 5.23. The van der Waals surface area contributed by atoms with Gasteiger partial charge in [0.05, 0.1) is 0 Å². The average molecular weight is 352 g/mol. The number of rotatable bonds is 6. The number of nitrogens with zero attached hydrogens (tertiary/aromatic N) is 1. The van der Waals surface area contributed by atoms with Gasteiger partial charge >= 0.3 is 0 Å². The Balaban J connectivity index is 1.86. The highest BCUT2D eigenvalue weighted by Gasteiger charge is 2.28. The monoisotopic (exact) mass is 351 g/mol. The molecule has 2 rings (SSSR count). The van der Waals surface area contributed by atoms with Crippen molar-refractivity contribution in [3.8, 4) is 0 Å².